The summed E-state index contributed by atoms with van der Waals surface area (Å²) in [5.74, 6) is 2.36. The van der Waals surface area contributed by atoms with E-state index < -0.39 is 5.60 Å². The smallest absolute Gasteiger partial charge is 0.343 e. The second-order valence-electron chi connectivity index (χ2n) is 10.2. The van der Waals surface area contributed by atoms with Gasteiger partial charge in [-0.2, -0.15) is 5.10 Å². The van der Waals surface area contributed by atoms with Crippen molar-refractivity contribution in [3.63, 3.8) is 0 Å². The lowest BCUT2D eigenvalue weighted by molar-refractivity contribution is -0.172. The Labute approximate surface area is 165 Å². The van der Waals surface area contributed by atoms with Gasteiger partial charge in [0.1, 0.15) is 5.82 Å². The predicted octanol–water partition coefficient (Wildman–Crippen LogP) is 2.02. The largest absolute Gasteiger partial charge is 0.390 e. The number of rotatable bonds is 4. The van der Waals surface area contributed by atoms with Crippen LogP contribution in [0.15, 0.2) is 4.79 Å². The third-order valence-electron chi connectivity index (χ3n) is 7.92. The van der Waals surface area contributed by atoms with Gasteiger partial charge in [0.2, 0.25) is 5.91 Å². The third kappa shape index (κ3) is 3.02. The van der Waals surface area contributed by atoms with Gasteiger partial charge in [-0.3, -0.25) is 9.36 Å². The van der Waals surface area contributed by atoms with Crippen molar-refractivity contribution in [3.05, 3.63) is 16.3 Å². The Balaban J connectivity index is 1.30. The van der Waals surface area contributed by atoms with Gasteiger partial charge in [-0.25, -0.2) is 9.89 Å². The minimum atomic E-state index is -0.513. The number of piperidine rings is 1. The third-order valence-corrected chi connectivity index (χ3v) is 7.92. The zero-order chi connectivity index (χ0) is 19.5. The topological polar surface area (TPSA) is 91.2 Å². The van der Waals surface area contributed by atoms with Crippen LogP contribution in [0.1, 0.15) is 76.5 Å². The van der Waals surface area contributed by atoms with E-state index in [4.69, 9.17) is 0 Å². The van der Waals surface area contributed by atoms with Crippen LogP contribution < -0.4 is 5.69 Å². The van der Waals surface area contributed by atoms with Crippen molar-refractivity contribution in [1.29, 1.82) is 0 Å². The number of aromatic amines is 1. The number of nitrogens with one attached hydrogen (secondary N) is 1. The summed E-state index contributed by atoms with van der Waals surface area (Å²) in [7, 11) is 0. The highest BCUT2D eigenvalue weighted by atomic mass is 16.3. The Kier molecular flexibility index (Phi) is 4.23. The first-order valence-electron chi connectivity index (χ1n) is 11.0. The summed E-state index contributed by atoms with van der Waals surface area (Å²) in [6.45, 7) is 3.99. The number of hydrogen-bond acceptors (Lipinski definition) is 4. The molecule has 7 nitrogen and oxygen atoms in total. The van der Waals surface area contributed by atoms with Crippen LogP contribution in [0.5, 0.6) is 0 Å². The maximum Gasteiger partial charge on any atom is 0.343 e. The Morgan fingerprint density at radius 2 is 2.04 bits per heavy atom. The normalized spacial score (nSPS) is 39.5. The second-order valence-corrected chi connectivity index (χ2v) is 10.2. The molecule has 1 saturated heterocycles. The molecule has 1 aromatic heterocycles. The standard InChI is InChI=1S/C21H32N4O3/c1-2-25-18(22-23-19(25)27)16-4-3-5-24(12-16)17(26)11-20-7-14-6-15(8-20)10-21(28,9-14)13-20/h14-16,28H,2-13H2,1H3,(H,23,27)/t14-,15-,16+,20?,21?/m1/s1. The fraction of sp³-hybridized carbons (Fsp3) is 0.857. The van der Waals surface area contributed by atoms with Crippen molar-refractivity contribution in [1.82, 2.24) is 19.7 Å². The molecular formula is C21H32N4O3. The highest BCUT2D eigenvalue weighted by Crippen LogP contribution is 2.62. The number of aromatic nitrogens is 3. The molecule has 3 atom stereocenters. The maximum atomic E-state index is 13.3. The Morgan fingerprint density at radius 1 is 1.29 bits per heavy atom. The molecule has 4 saturated carbocycles. The minimum absolute atomic E-state index is 0.0146. The fourth-order valence-corrected chi connectivity index (χ4v) is 7.40. The van der Waals surface area contributed by atoms with Gasteiger partial charge >= 0.3 is 5.69 Å². The molecule has 1 aromatic rings. The summed E-state index contributed by atoms with van der Waals surface area (Å²) in [6, 6.07) is 0. The molecule has 4 aliphatic carbocycles. The lowest BCUT2D eigenvalue weighted by atomic mass is 9.47. The van der Waals surface area contributed by atoms with Crippen molar-refractivity contribution in [2.75, 3.05) is 13.1 Å². The lowest BCUT2D eigenvalue weighted by Gasteiger charge is -2.60. The van der Waals surface area contributed by atoms with Crippen molar-refractivity contribution < 1.29 is 9.90 Å². The van der Waals surface area contributed by atoms with Gasteiger partial charge in [0, 0.05) is 32.0 Å². The van der Waals surface area contributed by atoms with Crippen LogP contribution in [0.4, 0.5) is 0 Å². The minimum Gasteiger partial charge on any atom is -0.390 e. The van der Waals surface area contributed by atoms with E-state index in [2.05, 4.69) is 10.2 Å². The first kappa shape index (κ1) is 18.4. The Bertz CT molecular complexity index is 814. The quantitative estimate of drug-likeness (QED) is 0.826. The highest BCUT2D eigenvalue weighted by Gasteiger charge is 2.57. The van der Waals surface area contributed by atoms with E-state index >= 15 is 0 Å². The van der Waals surface area contributed by atoms with Crippen LogP contribution in [0.2, 0.25) is 0 Å². The molecule has 154 valence electrons. The molecule has 4 bridgehead atoms. The van der Waals surface area contributed by atoms with Gasteiger partial charge in [0.15, 0.2) is 0 Å². The summed E-state index contributed by atoms with van der Waals surface area (Å²) >= 11 is 0. The number of hydrogen-bond donors (Lipinski definition) is 2. The van der Waals surface area contributed by atoms with Crippen LogP contribution in [0.3, 0.4) is 0 Å². The number of amides is 1. The van der Waals surface area contributed by atoms with E-state index in [0.29, 0.717) is 31.3 Å². The molecule has 28 heavy (non-hydrogen) atoms. The van der Waals surface area contributed by atoms with E-state index in [1.165, 1.54) is 6.42 Å². The zero-order valence-corrected chi connectivity index (χ0v) is 16.8. The number of likely N-dealkylation sites (tertiary alicyclic amines) is 1. The molecule has 0 unspecified atom stereocenters. The molecule has 0 aromatic carbocycles. The molecule has 6 rings (SSSR count). The number of carbonyl (C=O) groups is 1. The average molecular weight is 389 g/mol. The summed E-state index contributed by atoms with van der Waals surface area (Å²) in [6.07, 6.45) is 8.66. The Morgan fingerprint density at radius 3 is 2.71 bits per heavy atom. The number of nitrogens with zero attached hydrogens (tertiary/aromatic N) is 3. The van der Waals surface area contributed by atoms with Crippen LogP contribution >= 0.6 is 0 Å². The van der Waals surface area contributed by atoms with Crippen LogP contribution in [-0.2, 0) is 11.3 Å². The van der Waals surface area contributed by atoms with E-state index in [1.54, 1.807) is 4.57 Å². The summed E-state index contributed by atoms with van der Waals surface area (Å²) in [5, 5.41) is 17.8. The zero-order valence-electron chi connectivity index (χ0n) is 16.8. The van der Waals surface area contributed by atoms with Crippen molar-refractivity contribution >= 4 is 5.91 Å². The van der Waals surface area contributed by atoms with Crippen LogP contribution in [0, 0.1) is 17.3 Å². The molecule has 1 amide bonds. The van der Waals surface area contributed by atoms with Gasteiger partial charge in [0.05, 0.1) is 5.60 Å². The van der Waals surface area contributed by atoms with Crippen molar-refractivity contribution in [2.45, 2.75) is 82.8 Å². The van der Waals surface area contributed by atoms with Gasteiger partial charge in [-0.05, 0) is 75.5 Å². The van der Waals surface area contributed by atoms with Crippen molar-refractivity contribution in [2.24, 2.45) is 17.3 Å². The molecule has 5 aliphatic rings. The molecule has 0 spiro atoms. The molecule has 5 fully saturated rings. The molecule has 1 aliphatic heterocycles. The van der Waals surface area contributed by atoms with Gasteiger partial charge in [0.25, 0.3) is 0 Å². The van der Waals surface area contributed by atoms with E-state index in [9.17, 15) is 14.7 Å². The average Bonchev–Trinajstić information content (AvgIpc) is 3.00. The fourth-order valence-electron chi connectivity index (χ4n) is 7.40. The van der Waals surface area contributed by atoms with E-state index in [1.807, 2.05) is 11.8 Å². The van der Waals surface area contributed by atoms with Gasteiger partial charge < -0.3 is 10.0 Å². The number of H-pyrrole nitrogens is 1. The van der Waals surface area contributed by atoms with Crippen LogP contribution in [0.25, 0.3) is 0 Å². The molecular weight excluding hydrogens is 356 g/mol. The number of carbonyl (C=O) groups excluding carboxylic acids is 1. The van der Waals surface area contributed by atoms with Crippen molar-refractivity contribution in [3.8, 4) is 0 Å². The molecule has 2 heterocycles. The second kappa shape index (κ2) is 6.44. The highest BCUT2D eigenvalue weighted by molar-refractivity contribution is 5.77. The van der Waals surface area contributed by atoms with Gasteiger partial charge in [-0.1, -0.05) is 0 Å². The first-order valence-corrected chi connectivity index (χ1v) is 11.0. The maximum absolute atomic E-state index is 13.3. The SMILES string of the molecule is CCn1c([C@H]2CCCN(C(=O)CC34C[C@H]5C[C@@H](CC(O)(C5)C3)C4)C2)n[nH]c1=O. The monoisotopic (exact) mass is 388 g/mol. The Hall–Kier alpha value is -1.63. The van der Waals surface area contributed by atoms with E-state index in [0.717, 1.165) is 57.3 Å². The molecule has 7 heteroatoms. The summed E-state index contributed by atoms with van der Waals surface area (Å²) < 4.78 is 1.69. The molecule has 0 radical (unpaired) electrons. The number of aliphatic hydroxyl groups is 1. The van der Waals surface area contributed by atoms with Gasteiger partial charge in [-0.15, -0.1) is 0 Å². The first-order chi connectivity index (χ1) is 13.4. The van der Waals surface area contributed by atoms with E-state index in [-0.39, 0.29) is 22.9 Å². The summed E-state index contributed by atoms with van der Waals surface area (Å²) in [5.41, 5.74) is -0.662. The predicted molar refractivity (Wildman–Crippen MR) is 104 cm³/mol. The van der Waals surface area contributed by atoms with Crippen LogP contribution in [-0.4, -0.2) is 49.4 Å². The molecule has 2 N–H and O–H groups in total. The summed E-state index contributed by atoms with van der Waals surface area (Å²) in [4.78, 5) is 27.2. The lowest BCUT2D eigenvalue weighted by Crippen LogP contribution is -2.57.